The molecule has 0 bridgehead atoms. The Bertz CT molecular complexity index is 707. The van der Waals surface area contributed by atoms with Crippen LogP contribution in [0.2, 0.25) is 0 Å². The molecule has 0 aliphatic carbocycles. The van der Waals surface area contributed by atoms with Gasteiger partial charge >= 0.3 is 0 Å². The molecule has 1 amide bonds. The summed E-state index contributed by atoms with van der Waals surface area (Å²) in [6.07, 6.45) is 2.04. The number of nitrogens with zero attached hydrogens (tertiary/aromatic N) is 3. The number of amides is 1. The topological polar surface area (TPSA) is 45.7 Å². The summed E-state index contributed by atoms with van der Waals surface area (Å²) in [6, 6.07) is 15.5. The fourth-order valence-corrected chi connectivity index (χ4v) is 3.78. The average Bonchev–Trinajstić information content (AvgIpc) is 2.92. The van der Waals surface area contributed by atoms with Crippen molar-refractivity contribution in [2.45, 2.75) is 12.6 Å². The minimum atomic E-state index is 0.105. The van der Waals surface area contributed by atoms with Crippen molar-refractivity contribution in [3.63, 3.8) is 0 Å². The number of rotatable bonds is 3. The van der Waals surface area contributed by atoms with Gasteiger partial charge in [-0.2, -0.15) is 0 Å². The first-order valence-corrected chi connectivity index (χ1v) is 8.88. The number of hydrogen-bond acceptors (Lipinski definition) is 4. The monoisotopic (exact) mass is 337 g/mol. The lowest BCUT2D eigenvalue weighted by Gasteiger charge is -2.23. The molecule has 2 aliphatic rings. The van der Waals surface area contributed by atoms with E-state index in [-0.39, 0.29) is 12.0 Å². The van der Waals surface area contributed by atoms with E-state index in [0.29, 0.717) is 19.1 Å². The third kappa shape index (κ3) is 3.72. The maximum atomic E-state index is 12.8. The average molecular weight is 337 g/mol. The van der Waals surface area contributed by atoms with Gasteiger partial charge in [0.25, 0.3) is 5.91 Å². The normalized spacial score (nSPS) is 23.9. The lowest BCUT2D eigenvalue weighted by molar-refractivity contribution is 0.0500. The Morgan fingerprint density at radius 1 is 1.08 bits per heavy atom. The van der Waals surface area contributed by atoms with Crippen LogP contribution in [-0.2, 0) is 11.3 Å². The molecule has 2 aromatic rings. The predicted molar refractivity (Wildman–Crippen MR) is 95.1 cm³/mol. The van der Waals surface area contributed by atoms with Crippen LogP contribution in [0.4, 0.5) is 0 Å². The number of benzene rings is 1. The van der Waals surface area contributed by atoms with E-state index in [0.717, 1.165) is 37.4 Å². The van der Waals surface area contributed by atoms with Crippen molar-refractivity contribution in [3.05, 3.63) is 66.0 Å². The molecule has 0 N–H and O–H groups in total. The first kappa shape index (κ1) is 16.2. The predicted octanol–water partition coefficient (Wildman–Crippen LogP) is 2.05. The number of fused-ring (bicyclic) bond motifs is 1. The molecule has 0 spiro atoms. The highest BCUT2D eigenvalue weighted by molar-refractivity contribution is 5.94. The van der Waals surface area contributed by atoms with Crippen molar-refractivity contribution in [1.82, 2.24) is 14.8 Å². The molecule has 4 rings (SSSR count). The molecule has 1 aromatic carbocycles. The van der Waals surface area contributed by atoms with E-state index in [1.165, 1.54) is 0 Å². The third-order valence-corrected chi connectivity index (χ3v) is 5.02. The number of carbonyl (C=O) groups is 1. The molecule has 2 fully saturated rings. The zero-order valence-corrected chi connectivity index (χ0v) is 14.3. The Labute approximate surface area is 148 Å². The second kappa shape index (κ2) is 7.33. The highest BCUT2D eigenvalue weighted by Crippen LogP contribution is 2.25. The number of aromatic nitrogens is 1. The van der Waals surface area contributed by atoms with E-state index < -0.39 is 0 Å². The summed E-state index contributed by atoms with van der Waals surface area (Å²) in [6.45, 7) is 4.73. The van der Waals surface area contributed by atoms with Gasteiger partial charge in [0.05, 0.1) is 18.4 Å². The molecule has 2 saturated heterocycles. The summed E-state index contributed by atoms with van der Waals surface area (Å²) in [5.74, 6) is 0.465. The van der Waals surface area contributed by atoms with Crippen LogP contribution in [0.25, 0.3) is 0 Å². The van der Waals surface area contributed by atoms with Crippen molar-refractivity contribution in [3.8, 4) is 0 Å². The summed E-state index contributed by atoms with van der Waals surface area (Å²) in [5.41, 5.74) is 1.83. The van der Waals surface area contributed by atoms with Crippen LogP contribution < -0.4 is 0 Å². The van der Waals surface area contributed by atoms with Crippen molar-refractivity contribution in [2.75, 3.05) is 32.8 Å². The Kier molecular flexibility index (Phi) is 4.76. The van der Waals surface area contributed by atoms with Crippen LogP contribution in [0, 0.1) is 5.92 Å². The molecule has 130 valence electrons. The third-order valence-electron chi connectivity index (χ3n) is 5.02. The summed E-state index contributed by atoms with van der Waals surface area (Å²) in [4.78, 5) is 21.5. The lowest BCUT2D eigenvalue weighted by Crippen LogP contribution is -2.37. The Hall–Kier alpha value is -2.24. The van der Waals surface area contributed by atoms with E-state index in [1.807, 2.05) is 53.6 Å². The smallest absolute Gasteiger partial charge is 0.253 e. The number of carbonyl (C=O) groups excluding carboxylic acids is 1. The highest BCUT2D eigenvalue weighted by atomic mass is 16.5. The SMILES string of the molecule is O=C(c1ccccc1)N1CCO[C@H]2CN(Cc3ccccn3)C[C@H]2C1. The van der Waals surface area contributed by atoms with Crippen molar-refractivity contribution >= 4 is 5.91 Å². The minimum Gasteiger partial charge on any atom is -0.375 e. The van der Waals surface area contributed by atoms with E-state index in [4.69, 9.17) is 4.74 Å². The van der Waals surface area contributed by atoms with Crippen LogP contribution in [-0.4, -0.2) is 59.6 Å². The molecule has 3 heterocycles. The van der Waals surface area contributed by atoms with Gasteiger partial charge in [-0.1, -0.05) is 24.3 Å². The highest BCUT2D eigenvalue weighted by Gasteiger charge is 2.37. The molecule has 2 atom stereocenters. The standard InChI is InChI=1S/C20H23N3O2/c24-20(16-6-2-1-3-7-16)23-10-11-25-19-15-22(12-17(19)13-23)14-18-8-4-5-9-21-18/h1-9,17,19H,10-15H2/t17-,19-/m0/s1. The Morgan fingerprint density at radius 3 is 2.72 bits per heavy atom. The van der Waals surface area contributed by atoms with Gasteiger partial charge in [-0.15, -0.1) is 0 Å². The molecule has 1 aromatic heterocycles. The van der Waals surface area contributed by atoms with Gasteiger partial charge in [0.1, 0.15) is 0 Å². The quantitative estimate of drug-likeness (QED) is 0.860. The zero-order chi connectivity index (χ0) is 17.1. The van der Waals surface area contributed by atoms with Gasteiger partial charge in [-0.3, -0.25) is 14.7 Å². The maximum absolute atomic E-state index is 12.8. The van der Waals surface area contributed by atoms with Gasteiger partial charge in [0.15, 0.2) is 0 Å². The van der Waals surface area contributed by atoms with Gasteiger partial charge in [0, 0.05) is 50.4 Å². The Balaban J connectivity index is 1.41. The summed E-state index contributed by atoms with van der Waals surface area (Å²) >= 11 is 0. The van der Waals surface area contributed by atoms with Crippen molar-refractivity contribution in [2.24, 2.45) is 5.92 Å². The second-order valence-electron chi connectivity index (χ2n) is 6.80. The molecular weight excluding hydrogens is 314 g/mol. The van der Waals surface area contributed by atoms with Crippen molar-refractivity contribution < 1.29 is 9.53 Å². The van der Waals surface area contributed by atoms with Crippen LogP contribution >= 0.6 is 0 Å². The maximum Gasteiger partial charge on any atom is 0.253 e. The van der Waals surface area contributed by atoms with Crippen LogP contribution in [0.15, 0.2) is 54.7 Å². The fourth-order valence-electron chi connectivity index (χ4n) is 3.78. The largest absolute Gasteiger partial charge is 0.375 e. The summed E-state index contributed by atoms with van der Waals surface area (Å²) < 4.78 is 6.06. The molecule has 25 heavy (non-hydrogen) atoms. The molecular formula is C20H23N3O2. The van der Waals surface area contributed by atoms with E-state index >= 15 is 0 Å². The van der Waals surface area contributed by atoms with Crippen molar-refractivity contribution in [1.29, 1.82) is 0 Å². The number of ether oxygens (including phenoxy) is 1. The molecule has 2 aliphatic heterocycles. The van der Waals surface area contributed by atoms with Gasteiger partial charge in [-0.25, -0.2) is 0 Å². The molecule has 0 unspecified atom stereocenters. The minimum absolute atomic E-state index is 0.105. The Morgan fingerprint density at radius 2 is 1.92 bits per heavy atom. The summed E-state index contributed by atoms with van der Waals surface area (Å²) in [7, 11) is 0. The van der Waals surface area contributed by atoms with E-state index in [9.17, 15) is 4.79 Å². The van der Waals surface area contributed by atoms with Gasteiger partial charge < -0.3 is 9.64 Å². The van der Waals surface area contributed by atoms with Crippen LogP contribution in [0.5, 0.6) is 0 Å². The first-order valence-electron chi connectivity index (χ1n) is 8.88. The number of hydrogen-bond donors (Lipinski definition) is 0. The number of pyridine rings is 1. The van der Waals surface area contributed by atoms with Gasteiger partial charge in [-0.05, 0) is 24.3 Å². The van der Waals surface area contributed by atoms with E-state index in [1.54, 1.807) is 0 Å². The number of likely N-dealkylation sites (tertiary alicyclic amines) is 1. The lowest BCUT2D eigenvalue weighted by atomic mass is 10.1. The zero-order valence-electron chi connectivity index (χ0n) is 14.3. The summed E-state index contributed by atoms with van der Waals surface area (Å²) in [5, 5.41) is 0. The van der Waals surface area contributed by atoms with E-state index in [2.05, 4.69) is 16.0 Å². The fraction of sp³-hybridized carbons (Fsp3) is 0.400. The second-order valence-corrected chi connectivity index (χ2v) is 6.80. The first-order chi connectivity index (χ1) is 12.3. The van der Waals surface area contributed by atoms with Gasteiger partial charge in [0.2, 0.25) is 0 Å². The molecule has 0 saturated carbocycles. The molecule has 5 nitrogen and oxygen atoms in total. The molecule has 0 radical (unpaired) electrons. The van der Waals surface area contributed by atoms with Crippen LogP contribution in [0.1, 0.15) is 16.1 Å². The molecule has 5 heteroatoms. The van der Waals surface area contributed by atoms with Crippen LogP contribution in [0.3, 0.4) is 0 Å².